The van der Waals surface area contributed by atoms with Crippen LogP contribution in [0.5, 0.6) is 11.5 Å². The Labute approximate surface area is 185 Å². The maximum Gasteiger partial charge on any atom is 0.231 e. The van der Waals surface area contributed by atoms with Gasteiger partial charge in [0, 0.05) is 19.6 Å². The Morgan fingerprint density at radius 2 is 1.77 bits per heavy atom. The summed E-state index contributed by atoms with van der Waals surface area (Å²) in [7, 11) is 0. The van der Waals surface area contributed by atoms with Gasteiger partial charge in [-0.2, -0.15) is 0 Å². The van der Waals surface area contributed by atoms with Crippen molar-refractivity contribution in [3.05, 3.63) is 48.0 Å². The summed E-state index contributed by atoms with van der Waals surface area (Å²) in [5, 5.41) is 3.80. The number of amides is 1. The molecule has 8 heteroatoms. The first-order valence-corrected chi connectivity index (χ1v) is 11.5. The molecule has 3 aromatic rings. The van der Waals surface area contributed by atoms with Gasteiger partial charge in [0.2, 0.25) is 12.7 Å². The summed E-state index contributed by atoms with van der Waals surface area (Å²) in [5.74, 6) is 2.61. The van der Waals surface area contributed by atoms with E-state index in [-0.39, 0.29) is 12.7 Å². The molecule has 5 rings (SSSR count). The molecule has 1 amide bonds. The SMILES string of the molecule is O=C(CSc1nc2ccccc2nc1N1CCCCC1)NCc1ccc2c(c1)OCO2. The first-order chi connectivity index (χ1) is 15.3. The summed E-state index contributed by atoms with van der Waals surface area (Å²) in [6.45, 7) is 2.65. The predicted molar refractivity (Wildman–Crippen MR) is 121 cm³/mol. The number of anilines is 1. The average Bonchev–Trinajstić information content (AvgIpc) is 3.29. The number of carbonyl (C=O) groups is 1. The molecule has 0 radical (unpaired) electrons. The number of nitrogens with zero attached hydrogens (tertiary/aromatic N) is 3. The minimum Gasteiger partial charge on any atom is -0.454 e. The molecular weight excluding hydrogens is 412 g/mol. The molecule has 0 unspecified atom stereocenters. The molecule has 3 heterocycles. The minimum atomic E-state index is -0.0396. The summed E-state index contributed by atoms with van der Waals surface area (Å²) in [4.78, 5) is 24.5. The molecule has 7 nitrogen and oxygen atoms in total. The van der Waals surface area contributed by atoms with Crippen LogP contribution >= 0.6 is 11.8 Å². The zero-order chi connectivity index (χ0) is 21.0. The molecule has 1 saturated heterocycles. The van der Waals surface area contributed by atoms with Crippen LogP contribution in [-0.4, -0.2) is 41.5 Å². The van der Waals surface area contributed by atoms with Crippen molar-refractivity contribution >= 4 is 34.5 Å². The summed E-state index contributed by atoms with van der Waals surface area (Å²) in [6.07, 6.45) is 3.57. The van der Waals surface area contributed by atoms with E-state index >= 15 is 0 Å². The lowest BCUT2D eigenvalue weighted by Crippen LogP contribution is -2.31. The van der Waals surface area contributed by atoms with E-state index in [1.807, 2.05) is 42.5 Å². The summed E-state index contributed by atoms with van der Waals surface area (Å²) in [5.41, 5.74) is 2.72. The zero-order valence-corrected chi connectivity index (χ0v) is 18.0. The second-order valence-electron chi connectivity index (χ2n) is 7.64. The van der Waals surface area contributed by atoms with Crippen molar-refractivity contribution in [2.24, 2.45) is 0 Å². The van der Waals surface area contributed by atoms with Crippen molar-refractivity contribution in [1.82, 2.24) is 15.3 Å². The van der Waals surface area contributed by atoms with Gasteiger partial charge in [-0.3, -0.25) is 4.79 Å². The van der Waals surface area contributed by atoms with Gasteiger partial charge >= 0.3 is 0 Å². The molecule has 0 spiro atoms. The first-order valence-electron chi connectivity index (χ1n) is 10.6. The van der Waals surface area contributed by atoms with Gasteiger partial charge in [-0.05, 0) is 49.1 Å². The molecule has 0 atom stereocenters. The fraction of sp³-hybridized carbons (Fsp3) is 0.348. The summed E-state index contributed by atoms with van der Waals surface area (Å²) >= 11 is 1.45. The number of carbonyl (C=O) groups excluding carboxylic acids is 1. The number of para-hydroxylation sites is 2. The lowest BCUT2D eigenvalue weighted by atomic mass is 10.1. The highest BCUT2D eigenvalue weighted by atomic mass is 32.2. The molecule has 0 aliphatic carbocycles. The fourth-order valence-corrected chi connectivity index (χ4v) is 4.66. The number of thioether (sulfide) groups is 1. The van der Waals surface area contributed by atoms with Crippen LogP contribution in [0.1, 0.15) is 24.8 Å². The highest BCUT2D eigenvalue weighted by Crippen LogP contribution is 2.33. The number of nitrogens with one attached hydrogen (secondary N) is 1. The molecule has 31 heavy (non-hydrogen) atoms. The smallest absolute Gasteiger partial charge is 0.231 e. The van der Waals surface area contributed by atoms with Crippen LogP contribution in [0, 0.1) is 0 Å². The van der Waals surface area contributed by atoms with Gasteiger partial charge in [0.1, 0.15) is 5.03 Å². The number of ether oxygens (including phenoxy) is 2. The van der Waals surface area contributed by atoms with Crippen molar-refractivity contribution in [1.29, 1.82) is 0 Å². The molecule has 1 fully saturated rings. The fourth-order valence-electron chi connectivity index (χ4n) is 3.82. The Hall–Kier alpha value is -3.00. The Morgan fingerprint density at radius 3 is 2.61 bits per heavy atom. The third-order valence-corrected chi connectivity index (χ3v) is 6.40. The number of fused-ring (bicyclic) bond motifs is 2. The molecule has 160 valence electrons. The van der Waals surface area contributed by atoms with Crippen molar-refractivity contribution < 1.29 is 14.3 Å². The number of hydrogen-bond acceptors (Lipinski definition) is 7. The second-order valence-corrected chi connectivity index (χ2v) is 8.61. The van der Waals surface area contributed by atoms with E-state index in [2.05, 4.69) is 10.2 Å². The van der Waals surface area contributed by atoms with E-state index < -0.39 is 0 Å². The summed E-state index contributed by atoms with van der Waals surface area (Å²) < 4.78 is 10.7. The van der Waals surface area contributed by atoms with E-state index in [0.29, 0.717) is 12.3 Å². The van der Waals surface area contributed by atoms with E-state index in [1.54, 1.807) is 0 Å². The molecular formula is C23H24N4O3S. The van der Waals surface area contributed by atoms with Crippen molar-refractivity contribution in [2.45, 2.75) is 30.8 Å². The summed E-state index contributed by atoms with van der Waals surface area (Å²) in [6, 6.07) is 13.6. The van der Waals surface area contributed by atoms with Gasteiger partial charge in [0.15, 0.2) is 17.3 Å². The van der Waals surface area contributed by atoms with Crippen molar-refractivity contribution in [3.8, 4) is 11.5 Å². The quantitative estimate of drug-likeness (QED) is 0.590. The second kappa shape index (κ2) is 9.01. The minimum absolute atomic E-state index is 0.0396. The van der Waals surface area contributed by atoms with Crippen molar-refractivity contribution in [2.75, 3.05) is 30.5 Å². The normalized spacial score (nSPS) is 15.3. The topological polar surface area (TPSA) is 76.6 Å². The lowest BCUT2D eigenvalue weighted by molar-refractivity contribution is -0.118. The largest absolute Gasteiger partial charge is 0.454 e. The zero-order valence-electron chi connectivity index (χ0n) is 17.2. The highest BCUT2D eigenvalue weighted by molar-refractivity contribution is 8.00. The molecule has 0 saturated carbocycles. The van der Waals surface area contributed by atoms with E-state index in [1.165, 1.54) is 18.2 Å². The third kappa shape index (κ3) is 4.54. The number of hydrogen-bond donors (Lipinski definition) is 1. The standard InChI is InChI=1S/C23H24N4O3S/c28-21(24-13-16-8-9-19-20(12-16)30-15-29-19)14-31-23-22(27-10-4-1-5-11-27)25-17-6-2-3-7-18(17)26-23/h2-3,6-9,12H,1,4-5,10-11,13-15H2,(H,24,28). The molecule has 2 aliphatic rings. The van der Waals surface area contributed by atoms with Gasteiger partial charge in [-0.1, -0.05) is 30.0 Å². The average molecular weight is 437 g/mol. The van der Waals surface area contributed by atoms with Crippen molar-refractivity contribution in [3.63, 3.8) is 0 Å². The highest BCUT2D eigenvalue weighted by Gasteiger charge is 2.19. The Bertz CT molecular complexity index is 1100. The number of benzene rings is 2. The van der Waals surface area contributed by atoms with Crippen LogP contribution in [0.2, 0.25) is 0 Å². The molecule has 2 aromatic carbocycles. The van der Waals surface area contributed by atoms with Crippen LogP contribution in [-0.2, 0) is 11.3 Å². The van der Waals surface area contributed by atoms with E-state index in [4.69, 9.17) is 19.4 Å². The van der Waals surface area contributed by atoms with Crippen LogP contribution in [0.4, 0.5) is 5.82 Å². The van der Waals surface area contributed by atoms with Gasteiger partial charge < -0.3 is 19.7 Å². The first kappa shape index (κ1) is 19.9. The van der Waals surface area contributed by atoms with Crippen LogP contribution in [0.3, 0.4) is 0 Å². The number of aromatic nitrogens is 2. The van der Waals surface area contributed by atoms with Gasteiger partial charge in [-0.15, -0.1) is 0 Å². The Balaban J connectivity index is 1.26. The van der Waals surface area contributed by atoms with E-state index in [0.717, 1.165) is 64.9 Å². The predicted octanol–water partition coefficient (Wildman–Crippen LogP) is 3.76. The monoisotopic (exact) mass is 436 g/mol. The number of rotatable bonds is 6. The van der Waals surface area contributed by atoms with Crippen LogP contribution in [0.15, 0.2) is 47.5 Å². The van der Waals surface area contributed by atoms with Gasteiger partial charge in [0.25, 0.3) is 0 Å². The van der Waals surface area contributed by atoms with Crippen LogP contribution in [0.25, 0.3) is 11.0 Å². The van der Waals surface area contributed by atoms with E-state index in [9.17, 15) is 4.79 Å². The maximum atomic E-state index is 12.5. The van der Waals surface area contributed by atoms with Crippen LogP contribution < -0.4 is 19.7 Å². The Morgan fingerprint density at radius 1 is 1.00 bits per heavy atom. The Kier molecular flexibility index (Phi) is 5.80. The number of piperidine rings is 1. The van der Waals surface area contributed by atoms with Gasteiger partial charge in [0.05, 0.1) is 16.8 Å². The lowest BCUT2D eigenvalue weighted by Gasteiger charge is -2.29. The van der Waals surface area contributed by atoms with Gasteiger partial charge in [-0.25, -0.2) is 9.97 Å². The molecule has 0 bridgehead atoms. The molecule has 1 N–H and O–H groups in total. The maximum absolute atomic E-state index is 12.5. The molecule has 1 aromatic heterocycles. The third-order valence-electron chi connectivity index (χ3n) is 5.44. The molecule has 2 aliphatic heterocycles.